The number of aliphatic hydroxyl groups excluding tert-OH is 1. The maximum atomic E-state index is 13.5. The molecule has 186 valence electrons. The summed E-state index contributed by atoms with van der Waals surface area (Å²) in [6, 6.07) is 5.33. The second kappa shape index (κ2) is 11.9. The first kappa shape index (κ1) is 27.2. The summed E-state index contributed by atoms with van der Waals surface area (Å²) in [6.07, 6.45) is 9.81. The van der Waals surface area contributed by atoms with Gasteiger partial charge >= 0.3 is 6.09 Å². The van der Waals surface area contributed by atoms with Crippen molar-refractivity contribution in [3.05, 3.63) is 34.9 Å². The fraction of sp³-hybridized carbons (Fsp3) is 0.577. The number of nitrogens with zero attached hydrogens (tertiary/aromatic N) is 1. The molecule has 1 aromatic rings. The highest BCUT2D eigenvalue weighted by molar-refractivity contribution is 5.93. The molecule has 1 aliphatic rings. The van der Waals surface area contributed by atoms with Crippen LogP contribution in [0.5, 0.6) is 0 Å². The van der Waals surface area contributed by atoms with Gasteiger partial charge in [-0.05, 0) is 64.2 Å². The van der Waals surface area contributed by atoms with E-state index >= 15 is 0 Å². The summed E-state index contributed by atoms with van der Waals surface area (Å²) in [5.41, 5.74) is 1.58. The zero-order valence-electron chi connectivity index (χ0n) is 20.8. The van der Waals surface area contributed by atoms with Crippen molar-refractivity contribution in [2.75, 3.05) is 6.61 Å². The van der Waals surface area contributed by atoms with Crippen LogP contribution in [0.25, 0.3) is 0 Å². The predicted octanol–water partition coefficient (Wildman–Crippen LogP) is 3.10. The van der Waals surface area contributed by atoms with Crippen LogP contribution in [0.1, 0.15) is 75.6 Å². The van der Waals surface area contributed by atoms with E-state index in [-0.39, 0.29) is 11.9 Å². The molecule has 2 rings (SSSR count). The van der Waals surface area contributed by atoms with Gasteiger partial charge in [-0.3, -0.25) is 14.5 Å². The third-order valence-corrected chi connectivity index (χ3v) is 5.95. The van der Waals surface area contributed by atoms with Crippen LogP contribution in [0.2, 0.25) is 0 Å². The van der Waals surface area contributed by atoms with Gasteiger partial charge in [-0.2, -0.15) is 0 Å². The number of carbonyl (C=O) groups excluding carboxylic acids is 3. The lowest BCUT2D eigenvalue weighted by Gasteiger charge is -2.32. The van der Waals surface area contributed by atoms with Crippen molar-refractivity contribution in [2.24, 2.45) is 0 Å². The van der Waals surface area contributed by atoms with Gasteiger partial charge in [0.05, 0.1) is 6.61 Å². The third-order valence-electron chi connectivity index (χ3n) is 5.95. The molecule has 1 fully saturated rings. The molecule has 8 heteroatoms. The minimum atomic E-state index is -1.37. The quantitative estimate of drug-likeness (QED) is 0.418. The van der Waals surface area contributed by atoms with Crippen LogP contribution >= 0.6 is 0 Å². The average molecular weight is 472 g/mol. The first-order chi connectivity index (χ1) is 16.0. The average Bonchev–Trinajstić information content (AvgIpc) is 2.77. The van der Waals surface area contributed by atoms with E-state index in [9.17, 15) is 19.5 Å². The number of nitrogens with one attached hydrogen (secondary N) is 2. The number of aryl methyl sites for hydroxylation is 1. The Labute approximate surface area is 202 Å². The van der Waals surface area contributed by atoms with Crippen LogP contribution in [0.15, 0.2) is 18.2 Å². The van der Waals surface area contributed by atoms with Gasteiger partial charge in [0.1, 0.15) is 17.7 Å². The number of amides is 3. The van der Waals surface area contributed by atoms with Crippen LogP contribution in [-0.4, -0.2) is 52.2 Å². The Bertz CT molecular complexity index is 925. The molecule has 0 spiro atoms. The summed E-state index contributed by atoms with van der Waals surface area (Å²) >= 11 is 0. The second-order valence-corrected chi connectivity index (χ2v) is 9.75. The van der Waals surface area contributed by atoms with E-state index in [1.807, 2.05) is 19.9 Å². The van der Waals surface area contributed by atoms with Crippen molar-refractivity contribution in [1.29, 1.82) is 0 Å². The summed E-state index contributed by atoms with van der Waals surface area (Å²) in [5, 5.41) is 15.3. The number of benzene rings is 1. The molecule has 0 aromatic heterocycles. The van der Waals surface area contributed by atoms with Crippen molar-refractivity contribution >= 4 is 17.9 Å². The summed E-state index contributed by atoms with van der Waals surface area (Å²) in [7, 11) is 0. The molecule has 2 unspecified atom stereocenters. The zero-order valence-corrected chi connectivity index (χ0v) is 20.8. The van der Waals surface area contributed by atoms with Crippen molar-refractivity contribution in [3.8, 4) is 12.5 Å². The molecule has 0 bridgehead atoms. The van der Waals surface area contributed by atoms with E-state index in [0.717, 1.165) is 48.1 Å². The Kier molecular flexibility index (Phi) is 9.51. The van der Waals surface area contributed by atoms with E-state index in [0.29, 0.717) is 5.56 Å². The van der Waals surface area contributed by atoms with Crippen LogP contribution in [0, 0.1) is 26.3 Å². The van der Waals surface area contributed by atoms with Crippen LogP contribution in [0.3, 0.4) is 0 Å². The predicted molar refractivity (Wildman–Crippen MR) is 130 cm³/mol. The lowest BCUT2D eigenvalue weighted by atomic mass is 9.93. The van der Waals surface area contributed by atoms with Crippen LogP contribution < -0.4 is 10.6 Å². The summed E-state index contributed by atoms with van der Waals surface area (Å²) in [6.45, 7) is 8.12. The molecular formula is C26H37N3O5. The second-order valence-electron chi connectivity index (χ2n) is 9.75. The topological polar surface area (TPSA) is 108 Å². The standard InChI is InChI=1S/C26H37N3O5/c1-7-29(24(32)21(16-30)28-25(33)34-26(4,5)6)22(20-15-11-12-17(2)18(20)3)23(31)27-19-13-9-8-10-14-19/h1,11-12,15,19,21-22,30H,8-10,13-14,16H2,2-6H3,(H,27,31)(H,28,33). The molecule has 1 aromatic carbocycles. The minimum absolute atomic E-state index is 0.0112. The number of aliphatic hydroxyl groups is 1. The molecule has 0 heterocycles. The van der Waals surface area contributed by atoms with E-state index in [2.05, 4.69) is 16.7 Å². The van der Waals surface area contributed by atoms with Gasteiger partial charge < -0.3 is 20.5 Å². The molecule has 3 N–H and O–H groups in total. The van der Waals surface area contributed by atoms with Gasteiger partial charge in [0.2, 0.25) is 5.91 Å². The van der Waals surface area contributed by atoms with Gasteiger partial charge in [-0.15, -0.1) is 0 Å². The van der Waals surface area contributed by atoms with Crippen LogP contribution in [-0.2, 0) is 14.3 Å². The molecule has 3 amide bonds. The lowest BCUT2D eigenvalue weighted by molar-refractivity contribution is -0.139. The number of carbonyl (C=O) groups is 3. The first-order valence-electron chi connectivity index (χ1n) is 11.7. The number of terminal acetylenes is 1. The molecule has 0 aliphatic heterocycles. The van der Waals surface area contributed by atoms with Crippen molar-refractivity contribution in [1.82, 2.24) is 15.5 Å². The van der Waals surface area contributed by atoms with Crippen molar-refractivity contribution in [3.63, 3.8) is 0 Å². The minimum Gasteiger partial charge on any atom is -0.444 e. The molecule has 0 radical (unpaired) electrons. The number of hydrogen-bond acceptors (Lipinski definition) is 5. The third kappa shape index (κ3) is 7.22. The number of alkyl carbamates (subject to hydrolysis) is 1. The normalized spacial score (nSPS) is 16.0. The molecule has 1 aliphatic carbocycles. The molecule has 2 atom stereocenters. The van der Waals surface area contributed by atoms with Gasteiger partial charge in [0, 0.05) is 12.1 Å². The number of ether oxygens (including phenoxy) is 1. The molecule has 0 saturated heterocycles. The first-order valence-corrected chi connectivity index (χ1v) is 11.7. The smallest absolute Gasteiger partial charge is 0.408 e. The Hall–Kier alpha value is -3.05. The molecule has 34 heavy (non-hydrogen) atoms. The van der Waals surface area contributed by atoms with Gasteiger partial charge in [0.15, 0.2) is 0 Å². The van der Waals surface area contributed by atoms with Gasteiger partial charge in [0.25, 0.3) is 5.91 Å². The molecule has 1 saturated carbocycles. The number of rotatable bonds is 7. The summed E-state index contributed by atoms with van der Waals surface area (Å²) in [5.74, 6) is -1.17. The van der Waals surface area contributed by atoms with Gasteiger partial charge in [-0.1, -0.05) is 43.9 Å². The Balaban J connectivity index is 2.38. The van der Waals surface area contributed by atoms with E-state index in [1.54, 1.807) is 32.9 Å². The fourth-order valence-electron chi connectivity index (χ4n) is 4.06. The fourth-order valence-corrected chi connectivity index (χ4v) is 4.06. The maximum Gasteiger partial charge on any atom is 0.408 e. The SMILES string of the molecule is C#CN(C(=O)C(CO)NC(=O)OC(C)(C)C)C(C(=O)NC1CCCCC1)c1cccc(C)c1C. The summed E-state index contributed by atoms with van der Waals surface area (Å²) in [4.78, 5) is 40.1. The lowest BCUT2D eigenvalue weighted by Crippen LogP contribution is -2.53. The Morgan fingerprint density at radius 2 is 1.85 bits per heavy atom. The van der Waals surface area contributed by atoms with Crippen molar-refractivity contribution < 1.29 is 24.2 Å². The Morgan fingerprint density at radius 3 is 2.41 bits per heavy atom. The Morgan fingerprint density at radius 1 is 1.21 bits per heavy atom. The van der Waals surface area contributed by atoms with E-state index in [4.69, 9.17) is 11.2 Å². The molecular weight excluding hydrogens is 434 g/mol. The number of hydrogen-bond donors (Lipinski definition) is 3. The van der Waals surface area contributed by atoms with E-state index < -0.39 is 36.3 Å². The molecule has 8 nitrogen and oxygen atoms in total. The summed E-state index contributed by atoms with van der Waals surface area (Å²) < 4.78 is 5.20. The van der Waals surface area contributed by atoms with Gasteiger partial charge in [-0.25, -0.2) is 4.79 Å². The van der Waals surface area contributed by atoms with E-state index in [1.165, 1.54) is 0 Å². The monoisotopic (exact) mass is 471 g/mol. The van der Waals surface area contributed by atoms with Crippen molar-refractivity contribution in [2.45, 2.75) is 90.4 Å². The highest BCUT2D eigenvalue weighted by Gasteiger charge is 2.37. The highest BCUT2D eigenvalue weighted by Crippen LogP contribution is 2.28. The largest absolute Gasteiger partial charge is 0.444 e. The highest BCUT2D eigenvalue weighted by atomic mass is 16.6. The maximum absolute atomic E-state index is 13.5. The van der Waals surface area contributed by atoms with Crippen LogP contribution in [0.4, 0.5) is 4.79 Å². The zero-order chi connectivity index (χ0) is 25.5.